The summed E-state index contributed by atoms with van der Waals surface area (Å²) >= 11 is 11.3. The van der Waals surface area contributed by atoms with Crippen LogP contribution in [0.15, 0.2) is 30.5 Å². The predicted molar refractivity (Wildman–Crippen MR) is 82.0 cm³/mol. The molecule has 0 fully saturated rings. The van der Waals surface area contributed by atoms with Crippen LogP contribution in [0.5, 0.6) is 0 Å². The summed E-state index contributed by atoms with van der Waals surface area (Å²) in [5.74, 6) is -0.754. The molecular formula is C15H13Cl2NO3. The average Bonchev–Trinajstić information content (AvgIpc) is 2.87. The van der Waals surface area contributed by atoms with Crippen molar-refractivity contribution in [1.29, 1.82) is 0 Å². The topological polar surface area (TPSA) is 59.2 Å². The third kappa shape index (κ3) is 3.53. The fourth-order valence-electron chi connectivity index (χ4n) is 2.13. The van der Waals surface area contributed by atoms with Crippen LogP contribution in [0.2, 0.25) is 5.02 Å². The van der Waals surface area contributed by atoms with Gasteiger partial charge in [0.15, 0.2) is 0 Å². The quantitative estimate of drug-likeness (QED) is 0.502. The largest absolute Gasteiger partial charge is 0.384 e. The Balaban J connectivity index is 2.51. The summed E-state index contributed by atoms with van der Waals surface area (Å²) < 4.78 is 5.06. The lowest BCUT2D eigenvalue weighted by atomic mass is 9.99. The van der Waals surface area contributed by atoms with Crippen LogP contribution in [0, 0.1) is 0 Å². The Morgan fingerprint density at radius 1 is 1.33 bits per heavy atom. The first-order valence-corrected chi connectivity index (χ1v) is 6.99. The molecular weight excluding hydrogens is 313 g/mol. The van der Waals surface area contributed by atoms with Gasteiger partial charge in [0.25, 0.3) is 11.0 Å². The SMILES string of the molecule is COCCc1c(-c2cccc(Cl)c2)c[nH]c1C(=O)C(=O)Cl. The fraction of sp³-hybridized carbons (Fsp3) is 0.200. The van der Waals surface area contributed by atoms with E-state index in [1.54, 1.807) is 25.4 Å². The number of hydrogen-bond donors (Lipinski definition) is 1. The first kappa shape index (κ1) is 15.8. The lowest BCUT2D eigenvalue weighted by Gasteiger charge is -2.06. The number of halogens is 2. The van der Waals surface area contributed by atoms with Gasteiger partial charge in [-0.1, -0.05) is 23.7 Å². The highest BCUT2D eigenvalue weighted by atomic mass is 35.5. The summed E-state index contributed by atoms with van der Waals surface area (Å²) in [5.41, 5.74) is 2.54. The van der Waals surface area contributed by atoms with E-state index < -0.39 is 11.0 Å². The highest BCUT2D eigenvalue weighted by Gasteiger charge is 2.22. The molecule has 2 rings (SSSR count). The summed E-state index contributed by atoms with van der Waals surface area (Å²) in [5, 5.41) is -0.430. The maximum atomic E-state index is 11.9. The molecule has 110 valence electrons. The maximum absolute atomic E-state index is 11.9. The molecule has 6 heteroatoms. The number of benzene rings is 1. The highest BCUT2D eigenvalue weighted by Crippen LogP contribution is 2.29. The zero-order chi connectivity index (χ0) is 15.4. The number of rotatable bonds is 6. The predicted octanol–water partition coefficient (Wildman–Crippen LogP) is 3.47. The minimum Gasteiger partial charge on any atom is -0.384 e. The molecule has 0 aliphatic carbocycles. The van der Waals surface area contributed by atoms with Crippen LogP contribution in [0.3, 0.4) is 0 Å². The van der Waals surface area contributed by atoms with Gasteiger partial charge in [0.05, 0.1) is 12.3 Å². The van der Waals surface area contributed by atoms with Crippen LogP contribution >= 0.6 is 23.2 Å². The molecule has 2 aromatic rings. The Hall–Kier alpha value is -1.62. The average molecular weight is 326 g/mol. The van der Waals surface area contributed by atoms with Crippen molar-refractivity contribution in [3.05, 3.63) is 46.7 Å². The minimum atomic E-state index is -1.02. The number of Topliss-reactive ketones (excluding diaryl/α,β-unsaturated/α-hetero) is 1. The monoisotopic (exact) mass is 325 g/mol. The van der Waals surface area contributed by atoms with Gasteiger partial charge in [-0.2, -0.15) is 0 Å². The van der Waals surface area contributed by atoms with E-state index in [9.17, 15) is 9.59 Å². The van der Waals surface area contributed by atoms with Crippen molar-refractivity contribution in [3.63, 3.8) is 0 Å². The van der Waals surface area contributed by atoms with E-state index in [0.717, 1.165) is 11.1 Å². The van der Waals surface area contributed by atoms with E-state index in [1.807, 2.05) is 12.1 Å². The van der Waals surface area contributed by atoms with E-state index in [4.69, 9.17) is 27.9 Å². The van der Waals surface area contributed by atoms with Crippen molar-refractivity contribution in [2.24, 2.45) is 0 Å². The molecule has 0 aliphatic heterocycles. The smallest absolute Gasteiger partial charge is 0.294 e. The van der Waals surface area contributed by atoms with Gasteiger partial charge < -0.3 is 9.72 Å². The van der Waals surface area contributed by atoms with Crippen LogP contribution in [0.4, 0.5) is 0 Å². The van der Waals surface area contributed by atoms with Crippen molar-refractivity contribution < 1.29 is 14.3 Å². The van der Waals surface area contributed by atoms with Gasteiger partial charge in [-0.3, -0.25) is 9.59 Å². The standard InChI is InChI=1S/C15H13Cl2NO3/c1-21-6-5-11-12(9-3-2-4-10(16)7-9)8-18-13(11)14(19)15(17)20/h2-4,7-8,18H,5-6H2,1H3. The molecule has 0 bridgehead atoms. The first-order chi connectivity index (χ1) is 10.0. The normalized spacial score (nSPS) is 10.6. The summed E-state index contributed by atoms with van der Waals surface area (Å²) in [6, 6.07) is 7.25. The van der Waals surface area contributed by atoms with Gasteiger partial charge in [-0.05, 0) is 41.3 Å². The molecule has 21 heavy (non-hydrogen) atoms. The summed E-state index contributed by atoms with van der Waals surface area (Å²) in [6.07, 6.45) is 2.15. The summed E-state index contributed by atoms with van der Waals surface area (Å²) in [6.45, 7) is 0.419. The second kappa shape index (κ2) is 6.89. The lowest BCUT2D eigenvalue weighted by Crippen LogP contribution is -2.11. The zero-order valence-corrected chi connectivity index (χ0v) is 12.8. The number of aromatic nitrogens is 1. The Bertz CT molecular complexity index is 679. The van der Waals surface area contributed by atoms with Gasteiger partial charge in [0.1, 0.15) is 0 Å². The Morgan fingerprint density at radius 2 is 2.10 bits per heavy atom. The Labute approximate surface area is 132 Å². The van der Waals surface area contributed by atoms with Gasteiger partial charge in [0.2, 0.25) is 0 Å². The molecule has 1 aromatic heterocycles. The number of carbonyl (C=O) groups excluding carboxylic acids is 2. The number of H-pyrrole nitrogens is 1. The Kier molecular flexibility index (Phi) is 5.17. The van der Waals surface area contributed by atoms with Crippen LogP contribution < -0.4 is 0 Å². The van der Waals surface area contributed by atoms with Crippen LogP contribution in [0.25, 0.3) is 11.1 Å². The molecule has 4 nitrogen and oxygen atoms in total. The number of ketones is 1. The highest BCUT2D eigenvalue weighted by molar-refractivity contribution is 6.83. The van der Waals surface area contributed by atoms with E-state index in [2.05, 4.69) is 4.98 Å². The third-order valence-corrected chi connectivity index (χ3v) is 3.49. The van der Waals surface area contributed by atoms with E-state index in [-0.39, 0.29) is 5.69 Å². The van der Waals surface area contributed by atoms with Crippen LogP contribution in [-0.2, 0) is 16.0 Å². The molecule has 1 N–H and O–H groups in total. The number of methoxy groups -OCH3 is 1. The maximum Gasteiger partial charge on any atom is 0.294 e. The molecule has 0 saturated carbocycles. The number of hydrogen-bond acceptors (Lipinski definition) is 3. The lowest BCUT2D eigenvalue weighted by molar-refractivity contribution is -0.108. The van der Waals surface area contributed by atoms with E-state index in [0.29, 0.717) is 23.6 Å². The van der Waals surface area contributed by atoms with Crippen LogP contribution in [0.1, 0.15) is 16.1 Å². The Morgan fingerprint density at radius 3 is 2.71 bits per heavy atom. The second-order valence-electron chi connectivity index (χ2n) is 4.41. The van der Waals surface area contributed by atoms with Gasteiger partial charge >= 0.3 is 0 Å². The van der Waals surface area contributed by atoms with Gasteiger partial charge in [-0.25, -0.2) is 0 Å². The van der Waals surface area contributed by atoms with E-state index in [1.165, 1.54) is 0 Å². The van der Waals surface area contributed by atoms with Crippen LogP contribution in [-0.4, -0.2) is 29.7 Å². The fourth-order valence-corrected chi connectivity index (χ4v) is 2.42. The van der Waals surface area contributed by atoms with Crippen molar-refractivity contribution in [3.8, 4) is 11.1 Å². The molecule has 0 unspecified atom stereocenters. The van der Waals surface area contributed by atoms with Crippen molar-refractivity contribution >= 4 is 34.2 Å². The first-order valence-electron chi connectivity index (χ1n) is 6.24. The third-order valence-electron chi connectivity index (χ3n) is 3.09. The zero-order valence-electron chi connectivity index (χ0n) is 11.3. The second-order valence-corrected chi connectivity index (χ2v) is 5.19. The molecule has 1 heterocycles. The molecule has 1 aromatic carbocycles. The van der Waals surface area contributed by atoms with Crippen molar-refractivity contribution in [1.82, 2.24) is 4.98 Å². The van der Waals surface area contributed by atoms with Crippen molar-refractivity contribution in [2.75, 3.05) is 13.7 Å². The molecule has 0 aliphatic rings. The molecule has 0 spiro atoms. The summed E-state index contributed by atoms with van der Waals surface area (Å²) in [4.78, 5) is 25.8. The van der Waals surface area contributed by atoms with Crippen molar-refractivity contribution in [2.45, 2.75) is 6.42 Å². The molecule has 0 radical (unpaired) electrons. The van der Waals surface area contributed by atoms with Gasteiger partial charge in [0, 0.05) is 23.9 Å². The number of aromatic amines is 1. The minimum absolute atomic E-state index is 0.196. The number of carbonyl (C=O) groups is 2. The molecule has 0 saturated heterocycles. The number of ether oxygens (including phenoxy) is 1. The van der Waals surface area contributed by atoms with E-state index >= 15 is 0 Å². The summed E-state index contributed by atoms with van der Waals surface area (Å²) in [7, 11) is 1.57. The molecule has 0 amide bonds. The van der Waals surface area contributed by atoms with Gasteiger partial charge in [-0.15, -0.1) is 0 Å². The number of nitrogens with one attached hydrogen (secondary N) is 1. The molecule has 0 atom stereocenters.